The third-order valence-corrected chi connectivity index (χ3v) is 10.5. The molecule has 0 spiro atoms. The number of aliphatic carboxylic acids is 1. The smallest absolute Gasteiger partial charge is 0.327 e. The summed E-state index contributed by atoms with van der Waals surface area (Å²) in [6.45, 7) is 12.8. The average Bonchev–Trinajstić information content (AvgIpc) is 3.11. The highest BCUT2D eigenvalue weighted by molar-refractivity contribution is 14.2. The number of carbonyl (C=O) groups is 1. The van der Waals surface area contributed by atoms with Crippen LogP contribution in [0.5, 0.6) is 0 Å². The number of aryl methyl sites for hydroxylation is 1. The van der Waals surface area contributed by atoms with E-state index >= 15 is 0 Å². The molecule has 1 aromatic rings. The summed E-state index contributed by atoms with van der Waals surface area (Å²) >= 11 is 3.21. The predicted molar refractivity (Wildman–Crippen MR) is 154 cm³/mol. The van der Waals surface area contributed by atoms with Gasteiger partial charge in [0, 0.05) is 14.9 Å². The van der Waals surface area contributed by atoms with Gasteiger partial charge in [0.25, 0.3) is 0 Å². The van der Waals surface area contributed by atoms with Crippen molar-refractivity contribution >= 4 is 59.1 Å². The van der Waals surface area contributed by atoms with E-state index in [-0.39, 0.29) is 20.7 Å². The largest absolute Gasteiger partial charge is 0.480 e. The minimum absolute atomic E-state index is 0.0720. The van der Waals surface area contributed by atoms with Gasteiger partial charge in [-0.1, -0.05) is 34.9 Å². The van der Waals surface area contributed by atoms with Crippen molar-refractivity contribution in [1.29, 1.82) is 0 Å². The number of nitrogens with one attached hydrogen (secondary N) is 1. The van der Waals surface area contributed by atoms with Crippen molar-refractivity contribution in [2.24, 2.45) is 0 Å². The number of anilines is 1. The van der Waals surface area contributed by atoms with E-state index in [0.717, 1.165) is 40.9 Å². The van der Waals surface area contributed by atoms with Crippen molar-refractivity contribution < 1.29 is 9.90 Å². The topological polar surface area (TPSA) is 62.2 Å². The Morgan fingerprint density at radius 2 is 1.84 bits per heavy atom. The minimum Gasteiger partial charge on any atom is -0.480 e. The van der Waals surface area contributed by atoms with Gasteiger partial charge < -0.3 is 10.4 Å². The van der Waals surface area contributed by atoms with Crippen molar-refractivity contribution in [3.8, 4) is 0 Å². The maximum Gasteiger partial charge on any atom is 0.327 e. The molecule has 0 amide bonds. The van der Waals surface area contributed by atoms with Gasteiger partial charge >= 0.3 is 5.97 Å². The highest BCUT2D eigenvalue weighted by Crippen LogP contribution is 2.21. The molecule has 1 rings (SSSR count). The number of nitrogens with zero attached hydrogens (tertiary/aromatic N) is 1. The van der Waals surface area contributed by atoms with Crippen molar-refractivity contribution in [3.63, 3.8) is 0 Å². The first kappa shape index (κ1) is 29.1. The van der Waals surface area contributed by atoms with Gasteiger partial charge in [0.15, 0.2) is 0 Å². The number of halogens is 1. The van der Waals surface area contributed by atoms with Gasteiger partial charge in [0.1, 0.15) is 11.9 Å². The Hall–Kier alpha value is -0.930. The number of thiazole rings is 1. The first-order chi connectivity index (χ1) is 15.2. The molecule has 32 heavy (non-hydrogen) atoms. The first-order valence-electron chi connectivity index (χ1n) is 11.0. The third-order valence-electron chi connectivity index (χ3n) is 4.58. The maximum atomic E-state index is 11.6. The molecule has 7 heteroatoms. The number of allylic oxidation sites excluding steroid dienone is 6. The third kappa shape index (κ3) is 14.3. The van der Waals surface area contributed by atoms with E-state index in [9.17, 15) is 9.90 Å². The van der Waals surface area contributed by atoms with Gasteiger partial charge in [-0.05, 0) is 77.2 Å². The molecule has 0 fully saturated rings. The van der Waals surface area contributed by atoms with Gasteiger partial charge in [-0.25, -0.2) is 9.78 Å². The number of aromatic nitrogens is 1. The van der Waals surface area contributed by atoms with E-state index in [0.29, 0.717) is 11.6 Å². The van der Waals surface area contributed by atoms with Gasteiger partial charge in [-0.3, -0.25) is 0 Å². The van der Waals surface area contributed by atoms with Gasteiger partial charge in [0.2, 0.25) is 0 Å². The molecule has 180 valence electrons. The van der Waals surface area contributed by atoms with E-state index < -0.39 is 12.0 Å². The molecule has 1 aromatic heterocycles. The molecule has 1 unspecified atom stereocenters. The van der Waals surface area contributed by atoms with Crippen LogP contribution < -0.4 is 5.32 Å². The second-order valence-electron chi connectivity index (χ2n) is 8.31. The van der Waals surface area contributed by atoms with E-state index in [4.69, 9.17) is 0 Å². The Balaban J connectivity index is 2.57. The molecule has 0 aromatic carbocycles. The summed E-state index contributed by atoms with van der Waals surface area (Å²) < 4.78 is 2.70. The molecule has 4 nitrogen and oxygen atoms in total. The lowest BCUT2D eigenvalue weighted by molar-refractivity contribution is -0.137. The molecular formula is C25H39IN2O2S2. The van der Waals surface area contributed by atoms with Crippen molar-refractivity contribution in [2.45, 2.75) is 79.7 Å². The Labute approximate surface area is 212 Å². The lowest BCUT2D eigenvalue weighted by Crippen LogP contribution is -2.31. The molecular weight excluding hydrogens is 551 g/mol. The number of alkyl halides is 1. The standard InChI is InChI=1S/C25H39IN2O2S2/c1-18(2)9-7-10-20(5)11-8-12-22(14-13-19(3)4)26-17-31-15-23(25(29)30)28-24-16-32-21(6)27-24/h9,11,13,16,23,28H,7-8,10,12,14-15,17H2,1-6H3,(H,29,30)/b20-11+. The fourth-order valence-corrected chi connectivity index (χ4v) is 8.07. The molecule has 0 saturated carbocycles. The van der Waals surface area contributed by atoms with Crippen molar-refractivity contribution in [1.82, 2.24) is 4.98 Å². The summed E-state index contributed by atoms with van der Waals surface area (Å²) in [5, 5.41) is 15.4. The van der Waals surface area contributed by atoms with Crippen LogP contribution in [0.2, 0.25) is 0 Å². The van der Waals surface area contributed by atoms with Crippen LogP contribution in [0.15, 0.2) is 40.3 Å². The van der Waals surface area contributed by atoms with Crippen LogP contribution in [0.25, 0.3) is 0 Å². The summed E-state index contributed by atoms with van der Waals surface area (Å²) in [7, 11) is 0. The lowest BCUT2D eigenvalue weighted by atomic mass is 10.1. The number of thioether (sulfide) groups is 1. The second-order valence-corrected chi connectivity index (χ2v) is 14.5. The quantitative estimate of drug-likeness (QED) is 0.0939. The summed E-state index contributed by atoms with van der Waals surface area (Å²) in [5.74, 6) is 0.409. The molecule has 2 N–H and O–H groups in total. The SMILES string of the molecule is CC(C)=CCC/C(C)=C/CCC(CC=C(C)C)=ICSCC(Nc1csc(C)n1)C(=O)O. The Morgan fingerprint density at radius 1 is 1.16 bits per heavy atom. The van der Waals surface area contributed by atoms with E-state index in [1.54, 1.807) is 15.3 Å². The first-order valence-corrected chi connectivity index (χ1v) is 15.7. The highest BCUT2D eigenvalue weighted by atomic mass is 127. The average molecular weight is 591 g/mol. The number of hydrogen-bond donors (Lipinski definition) is 2. The molecule has 0 saturated heterocycles. The zero-order chi connectivity index (χ0) is 23.9. The monoisotopic (exact) mass is 590 g/mol. The molecule has 1 atom stereocenters. The number of carboxylic acids is 1. The number of carboxylic acid groups (broad SMARTS) is 1. The molecule has 0 aliphatic heterocycles. The summed E-state index contributed by atoms with van der Waals surface area (Å²) in [6.07, 6.45) is 12.6. The van der Waals surface area contributed by atoms with E-state index in [2.05, 4.69) is 63.1 Å². The molecule has 1 heterocycles. The second kappa shape index (κ2) is 16.6. The van der Waals surface area contributed by atoms with Gasteiger partial charge in [-0.2, -0.15) is 0 Å². The maximum absolute atomic E-state index is 11.6. The number of rotatable bonds is 15. The lowest BCUT2D eigenvalue weighted by Gasteiger charge is -2.13. The molecule has 0 aliphatic carbocycles. The zero-order valence-corrected chi connectivity index (χ0v) is 24.1. The molecule has 0 aliphatic rings. The van der Waals surface area contributed by atoms with Crippen LogP contribution in [0, 0.1) is 6.92 Å². The normalized spacial score (nSPS) is 13.2. The van der Waals surface area contributed by atoms with Crippen LogP contribution in [-0.2, 0) is 4.79 Å². The van der Waals surface area contributed by atoms with Gasteiger partial charge in [-0.15, -0.1) is 43.8 Å². The Bertz CT molecular complexity index is 833. The predicted octanol–water partition coefficient (Wildman–Crippen LogP) is 7.98. The fourth-order valence-electron chi connectivity index (χ4n) is 2.77. The van der Waals surface area contributed by atoms with Crippen LogP contribution >= 0.6 is 43.8 Å². The van der Waals surface area contributed by atoms with Gasteiger partial charge in [0.05, 0.1) is 5.01 Å². The van der Waals surface area contributed by atoms with Crippen LogP contribution in [0.3, 0.4) is 0 Å². The van der Waals surface area contributed by atoms with Crippen LogP contribution in [-0.4, -0.2) is 35.1 Å². The highest BCUT2D eigenvalue weighted by Gasteiger charge is 2.18. The Kier molecular flexibility index (Phi) is 15.1. The number of hydrogen-bond acceptors (Lipinski definition) is 5. The Morgan fingerprint density at radius 3 is 2.44 bits per heavy atom. The molecule has 0 bridgehead atoms. The van der Waals surface area contributed by atoms with Crippen LogP contribution in [0.4, 0.5) is 5.82 Å². The van der Waals surface area contributed by atoms with Crippen molar-refractivity contribution in [3.05, 3.63) is 45.3 Å². The minimum atomic E-state index is -0.816. The van der Waals surface area contributed by atoms with E-state index in [1.807, 2.05) is 12.3 Å². The fraction of sp³-hybridized carbons (Fsp3) is 0.560. The molecule has 0 radical (unpaired) electrons. The summed E-state index contributed by atoms with van der Waals surface area (Å²) in [6, 6.07) is -0.599. The summed E-state index contributed by atoms with van der Waals surface area (Å²) in [4.78, 5) is 15.9. The zero-order valence-electron chi connectivity index (χ0n) is 20.3. The summed E-state index contributed by atoms with van der Waals surface area (Å²) in [5.41, 5.74) is 4.23. The van der Waals surface area contributed by atoms with Crippen molar-refractivity contribution in [2.75, 3.05) is 14.8 Å². The van der Waals surface area contributed by atoms with E-state index in [1.165, 1.54) is 28.1 Å². The van der Waals surface area contributed by atoms with Crippen LogP contribution in [0.1, 0.15) is 71.7 Å².